The summed E-state index contributed by atoms with van der Waals surface area (Å²) in [5, 5.41) is 11.7. The number of carboxylic acid groups (broad SMARTS) is 1. The van der Waals surface area contributed by atoms with Gasteiger partial charge in [0.1, 0.15) is 23.6 Å². The van der Waals surface area contributed by atoms with Crippen LogP contribution in [0.3, 0.4) is 0 Å². The van der Waals surface area contributed by atoms with Gasteiger partial charge in [-0.2, -0.15) is 13.2 Å². The van der Waals surface area contributed by atoms with Gasteiger partial charge < -0.3 is 15.3 Å². The summed E-state index contributed by atoms with van der Waals surface area (Å²) in [6.07, 6.45) is -6.97. The van der Waals surface area contributed by atoms with E-state index in [2.05, 4.69) is 5.32 Å². The molecule has 4 atom stereocenters. The summed E-state index contributed by atoms with van der Waals surface area (Å²) in [5.41, 5.74) is -1.28. The molecule has 1 aliphatic heterocycles. The number of nitrogens with zero attached hydrogens (tertiary/aromatic N) is 1. The lowest BCUT2D eigenvalue weighted by Crippen LogP contribution is -2.51. The number of halogens is 6. The van der Waals surface area contributed by atoms with Gasteiger partial charge >= 0.3 is 12.1 Å². The van der Waals surface area contributed by atoms with Crippen molar-refractivity contribution >= 4 is 17.6 Å². The molecule has 2 aliphatic rings. The minimum atomic E-state index is -4.65. The molecule has 2 fully saturated rings. The Morgan fingerprint density at radius 1 is 1.23 bits per heavy atom. The van der Waals surface area contributed by atoms with Crippen LogP contribution in [-0.4, -0.2) is 46.7 Å². The van der Waals surface area contributed by atoms with E-state index in [-0.39, 0.29) is 23.8 Å². The SMILES string of the molecule is CC1(C)[C@@H]2[C@@H](C(=O)O)N(C(=O)[C@@H](CCC(F)(F)F)Nc3c(F)cc(F)cc3F)C[C@@H]21. The topological polar surface area (TPSA) is 69.6 Å². The van der Waals surface area contributed by atoms with E-state index in [4.69, 9.17) is 0 Å². The van der Waals surface area contributed by atoms with Crippen molar-refractivity contribution in [3.8, 4) is 0 Å². The van der Waals surface area contributed by atoms with Crippen molar-refractivity contribution in [1.82, 2.24) is 4.90 Å². The highest BCUT2D eigenvalue weighted by Gasteiger charge is 2.69. The van der Waals surface area contributed by atoms with E-state index >= 15 is 0 Å². The lowest BCUT2D eigenvalue weighted by atomic mass is 9.99. The van der Waals surface area contributed by atoms with Gasteiger partial charge in [0.25, 0.3) is 0 Å². The first-order chi connectivity index (χ1) is 13.7. The highest BCUT2D eigenvalue weighted by Crippen LogP contribution is 2.64. The van der Waals surface area contributed by atoms with Crippen molar-refractivity contribution in [3.63, 3.8) is 0 Å². The fourth-order valence-electron chi connectivity index (χ4n) is 4.42. The third kappa shape index (κ3) is 4.06. The van der Waals surface area contributed by atoms with Gasteiger partial charge in [-0.25, -0.2) is 18.0 Å². The molecule has 0 radical (unpaired) electrons. The number of likely N-dealkylation sites (tertiary alicyclic amines) is 1. The molecule has 0 aromatic heterocycles. The molecule has 2 N–H and O–H groups in total. The largest absolute Gasteiger partial charge is 0.480 e. The Bertz CT molecular complexity index is 849. The second-order valence-electron chi connectivity index (χ2n) is 8.32. The highest BCUT2D eigenvalue weighted by atomic mass is 19.4. The van der Waals surface area contributed by atoms with Gasteiger partial charge in [-0.1, -0.05) is 13.8 Å². The first kappa shape index (κ1) is 22.2. The fourth-order valence-corrected chi connectivity index (χ4v) is 4.42. The van der Waals surface area contributed by atoms with E-state index in [1.165, 1.54) is 0 Å². The average Bonchev–Trinajstić information content (AvgIpc) is 2.95. The normalized spacial score (nSPS) is 25.6. The van der Waals surface area contributed by atoms with Crippen molar-refractivity contribution in [2.24, 2.45) is 17.3 Å². The number of aliphatic carboxylic acids is 1. The highest BCUT2D eigenvalue weighted by molar-refractivity contribution is 5.90. The van der Waals surface area contributed by atoms with E-state index in [0.717, 1.165) is 4.90 Å². The van der Waals surface area contributed by atoms with Crippen LogP contribution in [0.1, 0.15) is 26.7 Å². The van der Waals surface area contributed by atoms with E-state index in [9.17, 15) is 41.0 Å². The van der Waals surface area contributed by atoms with Gasteiger partial charge in [0, 0.05) is 31.0 Å². The molecule has 0 unspecified atom stereocenters. The van der Waals surface area contributed by atoms with Crippen LogP contribution in [0.4, 0.5) is 32.0 Å². The van der Waals surface area contributed by atoms with E-state index < -0.39 is 66.1 Å². The monoisotopic (exact) mass is 438 g/mol. The molecule has 1 aromatic rings. The predicted molar refractivity (Wildman–Crippen MR) is 92.9 cm³/mol. The number of alkyl halides is 3. The zero-order valence-electron chi connectivity index (χ0n) is 16.1. The molecule has 0 bridgehead atoms. The van der Waals surface area contributed by atoms with Crippen LogP contribution in [0.15, 0.2) is 12.1 Å². The number of benzene rings is 1. The molecule has 30 heavy (non-hydrogen) atoms. The second-order valence-corrected chi connectivity index (χ2v) is 8.32. The van der Waals surface area contributed by atoms with E-state index in [1.807, 2.05) is 13.8 Å². The number of amides is 1. The molecule has 166 valence electrons. The Hall–Kier alpha value is -2.46. The Labute approximate surface area is 168 Å². The lowest BCUT2D eigenvalue weighted by Gasteiger charge is -2.32. The van der Waals surface area contributed by atoms with Crippen molar-refractivity contribution in [3.05, 3.63) is 29.6 Å². The second kappa shape index (κ2) is 7.35. The average molecular weight is 438 g/mol. The Kier molecular flexibility index (Phi) is 5.44. The molecule has 3 rings (SSSR count). The first-order valence-corrected chi connectivity index (χ1v) is 9.25. The zero-order chi connectivity index (χ0) is 22.6. The molecule has 11 heteroatoms. The third-order valence-corrected chi connectivity index (χ3v) is 6.08. The van der Waals surface area contributed by atoms with Crippen molar-refractivity contribution in [2.75, 3.05) is 11.9 Å². The van der Waals surface area contributed by atoms with Crippen LogP contribution in [0.5, 0.6) is 0 Å². The third-order valence-electron chi connectivity index (χ3n) is 6.08. The Morgan fingerprint density at radius 2 is 1.80 bits per heavy atom. The molecule has 1 saturated heterocycles. The standard InChI is InChI=1S/C19H20F6N2O3/c1-18(2)9-7-27(15(13(9)18)17(29)30)16(28)12(3-4-19(23,24)25)26-14-10(21)5-8(20)6-11(14)22/h5-6,9,12-13,15,26H,3-4,7H2,1-2H3,(H,29,30)/t9-,12+,13-,15-/m0/s1. The van der Waals surface area contributed by atoms with Crippen LogP contribution < -0.4 is 5.32 Å². The molecular formula is C19H20F6N2O3. The van der Waals surface area contributed by atoms with Gasteiger partial charge in [0.2, 0.25) is 5.91 Å². The van der Waals surface area contributed by atoms with Gasteiger partial charge in [0.05, 0.1) is 0 Å². The fraction of sp³-hybridized carbons (Fsp3) is 0.579. The van der Waals surface area contributed by atoms with Crippen molar-refractivity contribution in [2.45, 2.75) is 44.9 Å². The number of fused-ring (bicyclic) bond motifs is 1. The summed E-state index contributed by atoms with van der Waals surface area (Å²) in [5.74, 6) is -6.86. The number of piperidine rings is 1. The lowest BCUT2D eigenvalue weighted by molar-refractivity contribution is -0.152. The summed E-state index contributed by atoms with van der Waals surface area (Å²) in [6.45, 7) is 3.69. The number of nitrogens with one attached hydrogen (secondary N) is 1. The molecule has 1 amide bonds. The zero-order valence-corrected chi connectivity index (χ0v) is 16.1. The Morgan fingerprint density at radius 3 is 2.30 bits per heavy atom. The van der Waals surface area contributed by atoms with Crippen LogP contribution >= 0.6 is 0 Å². The summed E-state index contributed by atoms with van der Waals surface area (Å²) in [4.78, 5) is 25.6. The van der Waals surface area contributed by atoms with Gasteiger partial charge in [0.15, 0.2) is 11.6 Å². The maximum Gasteiger partial charge on any atom is 0.389 e. The summed E-state index contributed by atoms with van der Waals surface area (Å²) < 4.78 is 79.3. The van der Waals surface area contributed by atoms with E-state index in [1.54, 1.807) is 0 Å². The van der Waals surface area contributed by atoms with Gasteiger partial charge in [-0.05, 0) is 17.8 Å². The number of hydrogen-bond acceptors (Lipinski definition) is 3. The molecular weight excluding hydrogens is 418 g/mol. The maximum absolute atomic E-state index is 14.0. The van der Waals surface area contributed by atoms with Crippen molar-refractivity contribution in [1.29, 1.82) is 0 Å². The number of carboxylic acids is 1. The van der Waals surface area contributed by atoms with Crippen LogP contribution in [0.2, 0.25) is 0 Å². The van der Waals surface area contributed by atoms with Gasteiger partial charge in [-0.15, -0.1) is 0 Å². The number of rotatable bonds is 6. The molecule has 1 saturated carbocycles. The number of anilines is 1. The molecule has 1 aliphatic carbocycles. The molecule has 1 aromatic carbocycles. The van der Waals surface area contributed by atoms with Crippen LogP contribution in [-0.2, 0) is 9.59 Å². The molecule has 0 spiro atoms. The molecule has 5 nitrogen and oxygen atoms in total. The minimum Gasteiger partial charge on any atom is -0.480 e. The first-order valence-electron chi connectivity index (χ1n) is 9.25. The summed E-state index contributed by atoms with van der Waals surface area (Å²) in [7, 11) is 0. The summed E-state index contributed by atoms with van der Waals surface area (Å²) in [6, 6.07) is -2.34. The number of carbonyl (C=O) groups is 2. The maximum atomic E-state index is 14.0. The predicted octanol–water partition coefficient (Wildman–Crippen LogP) is 3.79. The summed E-state index contributed by atoms with van der Waals surface area (Å²) >= 11 is 0. The smallest absolute Gasteiger partial charge is 0.389 e. The van der Waals surface area contributed by atoms with Crippen LogP contribution in [0, 0.1) is 34.7 Å². The number of hydrogen-bond donors (Lipinski definition) is 2. The van der Waals surface area contributed by atoms with Gasteiger partial charge in [-0.3, -0.25) is 4.79 Å². The Balaban J connectivity index is 1.87. The van der Waals surface area contributed by atoms with Crippen LogP contribution in [0.25, 0.3) is 0 Å². The molecule has 1 heterocycles. The van der Waals surface area contributed by atoms with E-state index in [0.29, 0.717) is 12.1 Å². The number of carbonyl (C=O) groups excluding carboxylic acids is 1. The van der Waals surface area contributed by atoms with Crippen molar-refractivity contribution < 1.29 is 41.0 Å². The quantitative estimate of drug-likeness (QED) is 0.664. The minimum absolute atomic E-state index is 0.0199.